The molecule has 2 aromatic rings. The summed E-state index contributed by atoms with van der Waals surface area (Å²) in [6.45, 7) is 1.73. The molecule has 126 valence electrons. The Kier molecular flexibility index (Phi) is 5.89. The molecule has 24 heavy (non-hydrogen) atoms. The highest BCUT2D eigenvalue weighted by Crippen LogP contribution is 2.32. The summed E-state index contributed by atoms with van der Waals surface area (Å²) in [6.07, 6.45) is 3.92. The summed E-state index contributed by atoms with van der Waals surface area (Å²) >= 11 is 0. The van der Waals surface area contributed by atoms with Crippen molar-refractivity contribution in [2.75, 3.05) is 25.7 Å². The number of aromatic nitrogens is 1. The quantitative estimate of drug-likeness (QED) is 0.696. The highest BCUT2D eigenvalue weighted by atomic mass is 16.5. The molecule has 1 aromatic heterocycles. The van der Waals surface area contributed by atoms with Gasteiger partial charge in [-0.25, -0.2) is 0 Å². The maximum Gasteiger partial charge on any atom is 0.214 e. The number of Topliss-reactive ketones (excluding diaryl/α,β-unsaturated/α-hetero) is 1. The number of pyridine rings is 1. The van der Waals surface area contributed by atoms with E-state index < -0.39 is 0 Å². The number of hydrogen-bond donors (Lipinski definition) is 0. The fourth-order valence-electron chi connectivity index (χ4n) is 2.32. The van der Waals surface area contributed by atoms with Crippen LogP contribution < -0.4 is 14.4 Å². The number of rotatable bonds is 8. The number of ether oxygens (including phenoxy) is 2. The van der Waals surface area contributed by atoms with Crippen LogP contribution in [0.25, 0.3) is 0 Å². The number of nitrogens with zero attached hydrogens (tertiary/aromatic N) is 2. The lowest BCUT2D eigenvalue weighted by molar-refractivity contribution is -0.120. The van der Waals surface area contributed by atoms with E-state index in [1.165, 1.54) is 19.1 Å². The third kappa shape index (κ3) is 3.90. The van der Waals surface area contributed by atoms with Crippen LogP contribution in [0.3, 0.4) is 0 Å². The minimum absolute atomic E-state index is 0.0664. The van der Waals surface area contributed by atoms with Crippen LogP contribution in [0, 0.1) is 0 Å². The Bertz CT molecular complexity index is 703. The topological polar surface area (TPSA) is 68.7 Å². The average molecular weight is 328 g/mol. The number of carbonyl (C=O) groups excluding carboxylic acids is 2. The molecular formula is C18H20N2O4. The average Bonchev–Trinajstić information content (AvgIpc) is 2.65. The van der Waals surface area contributed by atoms with Crippen LogP contribution in [0.15, 0.2) is 42.7 Å². The van der Waals surface area contributed by atoms with Gasteiger partial charge in [-0.05, 0) is 23.8 Å². The zero-order chi connectivity index (χ0) is 17.5. The number of methoxy groups -OCH3 is 2. The van der Waals surface area contributed by atoms with Gasteiger partial charge in [0.25, 0.3) is 0 Å². The Morgan fingerprint density at radius 3 is 2.67 bits per heavy atom. The predicted octanol–water partition coefficient (Wildman–Crippen LogP) is 2.43. The van der Waals surface area contributed by atoms with Gasteiger partial charge in [0.05, 0.1) is 26.5 Å². The Hall–Kier alpha value is -2.89. The van der Waals surface area contributed by atoms with E-state index in [0.717, 1.165) is 5.56 Å². The van der Waals surface area contributed by atoms with Crippen LogP contribution in [0.1, 0.15) is 18.4 Å². The molecule has 6 heteroatoms. The van der Waals surface area contributed by atoms with Gasteiger partial charge in [0.15, 0.2) is 5.78 Å². The van der Waals surface area contributed by atoms with Crippen molar-refractivity contribution in [3.63, 3.8) is 0 Å². The predicted molar refractivity (Wildman–Crippen MR) is 90.6 cm³/mol. The SMILES string of the molecule is COc1ccc(OC)c(N(C=O)CC(=O)C(C)c2cccnc2)c1. The largest absolute Gasteiger partial charge is 0.497 e. The zero-order valence-corrected chi connectivity index (χ0v) is 13.9. The van der Waals surface area contributed by atoms with Crippen LogP contribution in [0.4, 0.5) is 5.69 Å². The Balaban J connectivity index is 2.23. The second-order valence-electron chi connectivity index (χ2n) is 5.25. The van der Waals surface area contributed by atoms with Gasteiger partial charge in [-0.1, -0.05) is 13.0 Å². The van der Waals surface area contributed by atoms with Gasteiger partial charge in [-0.3, -0.25) is 14.6 Å². The van der Waals surface area contributed by atoms with Gasteiger partial charge in [-0.2, -0.15) is 0 Å². The van der Waals surface area contributed by atoms with Crippen LogP contribution in [-0.2, 0) is 9.59 Å². The van der Waals surface area contributed by atoms with E-state index in [-0.39, 0.29) is 18.2 Å². The number of benzene rings is 1. The summed E-state index contributed by atoms with van der Waals surface area (Å²) in [5, 5.41) is 0. The van der Waals surface area contributed by atoms with Crippen LogP contribution in [0.2, 0.25) is 0 Å². The van der Waals surface area contributed by atoms with Crippen molar-refractivity contribution in [1.29, 1.82) is 0 Å². The van der Waals surface area contributed by atoms with Crippen molar-refractivity contribution in [1.82, 2.24) is 4.98 Å². The van der Waals surface area contributed by atoms with Gasteiger partial charge in [-0.15, -0.1) is 0 Å². The molecule has 6 nitrogen and oxygen atoms in total. The fourth-order valence-corrected chi connectivity index (χ4v) is 2.32. The van der Waals surface area contributed by atoms with E-state index in [0.29, 0.717) is 23.6 Å². The van der Waals surface area contributed by atoms with Gasteiger partial charge in [0, 0.05) is 24.4 Å². The van der Waals surface area contributed by atoms with Gasteiger partial charge < -0.3 is 14.4 Å². The molecule has 1 heterocycles. The first kappa shape index (κ1) is 17.5. The maximum atomic E-state index is 12.5. The van der Waals surface area contributed by atoms with Gasteiger partial charge in [0.2, 0.25) is 6.41 Å². The molecule has 0 spiro atoms. The molecule has 1 atom stereocenters. The third-order valence-electron chi connectivity index (χ3n) is 3.82. The highest BCUT2D eigenvalue weighted by molar-refractivity contribution is 5.94. The first-order chi connectivity index (χ1) is 11.6. The van der Waals surface area contributed by atoms with Gasteiger partial charge in [0.1, 0.15) is 11.5 Å². The smallest absolute Gasteiger partial charge is 0.214 e. The molecule has 0 bridgehead atoms. The summed E-state index contributed by atoms with van der Waals surface area (Å²) in [4.78, 5) is 29.4. The normalized spacial score (nSPS) is 11.5. The molecule has 0 radical (unpaired) electrons. The molecule has 0 aliphatic heterocycles. The van der Waals surface area contributed by atoms with Crippen LogP contribution in [0.5, 0.6) is 11.5 Å². The van der Waals surface area contributed by atoms with E-state index in [1.54, 1.807) is 43.6 Å². The first-order valence-corrected chi connectivity index (χ1v) is 7.47. The lowest BCUT2D eigenvalue weighted by Crippen LogP contribution is -2.31. The Morgan fingerprint density at radius 1 is 1.29 bits per heavy atom. The summed E-state index contributed by atoms with van der Waals surface area (Å²) in [5.41, 5.74) is 1.30. The molecule has 1 aromatic carbocycles. The monoisotopic (exact) mass is 328 g/mol. The van der Waals surface area contributed by atoms with E-state index in [9.17, 15) is 9.59 Å². The molecule has 0 aliphatic carbocycles. The van der Waals surface area contributed by atoms with E-state index >= 15 is 0 Å². The summed E-state index contributed by atoms with van der Waals surface area (Å²) in [7, 11) is 3.04. The van der Waals surface area contributed by atoms with Crippen molar-refractivity contribution in [3.05, 3.63) is 48.3 Å². The third-order valence-corrected chi connectivity index (χ3v) is 3.82. The Morgan fingerprint density at radius 2 is 2.08 bits per heavy atom. The molecule has 2 rings (SSSR count). The summed E-state index contributed by atoms with van der Waals surface area (Å²) in [5.74, 6) is 0.605. The molecule has 1 amide bonds. The van der Waals surface area contributed by atoms with Gasteiger partial charge >= 0.3 is 0 Å². The highest BCUT2D eigenvalue weighted by Gasteiger charge is 2.21. The van der Waals surface area contributed by atoms with Crippen molar-refractivity contribution < 1.29 is 19.1 Å². The molecule has 0 N–H and O–H groups in total. The van der Waals surface area contributed by atoms with Crippen molar-refractivity contribution in [3.8, 4) is 11.5 Å². The molecule has 0 aliphatic rings. The van der Waals surface area contributed by atoms with Crippen molar-refractivity contribution in [2.45, 2.75) is 12.8 Å². The van der Waals surface area contributed by atoms with Crippen molar-refractivity contribution >= 4 is 17.9 Å². The zero-order valence-electron chi connectivity index (χ0n) is 13.9. The number of amides is 1. The number of carbonyl (C=O) groups is 2. The Labute approximate surface area is 141 Å². The fraction of sp³-hybridized carbons (Fsp3) is 0.278. The number of anilines is 1. The van der Waals surface area contributed by atoms with Crippen LogP contribution in [-0.4, -0.2) is 37.9 Å². The van der Waals surface area contributed by atoms with E-state index in [2.05, 4.69) is 4.98 Å². The molecule has 0 fully saturated rings. The number of ketones is 1. The molecule has 1 unspecified atom stereocenters. The second kappa shape index (κ2) is 8.10. The van der Waals surface area contributed by atoms with E-state index in [4.69, 9.17) is 9.47 Å². The minimum atomic E-state index is -0.363. The maximum absolute atomic E-state index is 12.5. The lowest BCUT2D eigenvalue weighted by atomic mass is 9.98. The second-order valence-corrected chi connectivity index (χ2v) is 5.25. The van der Waals surface area contributed by atoms with Crippen molar-refractivity contribution in [2.24, 2.45) is 0 Å². The standard InChI is InChI=1S/C18H20N2O4/c1-13(14-5-4-8-19-10-14)17(22)11-20(12-21)16-9-15(23-2)6-7-18(16)24-3/h4-10,12-13H,11H2,1-3H3. The molecular weight excluding hydrogens is 308 g/mol. The first-order valence-electron chi connectivity index (χ1n) is 7.47. The lowest BCUT2D eigenvalue weighted by Gasteiger charge is -2.21. The summed E-state index contributed by atoms with van der Waals surface area (Å²) < 4.78 is 10.5. The van der Waals surface area contributed by atoms with E-state index in [1.807, 2.05) is 6.07 Å². The summed E-state index contributed by atoms with van der Waals surface area (Å²) in [6, 6.07) is 8.70. The minimum Gasteiger partial charge on any atom is -0.497 e. The molecule has 0 saturated heterocycles. The molecule has 0 saturated carbocycles. The van der Waals surface area contributed by atoms with Crippen LogP contribution >= 0.6 is 0 Å². The number of hydrogen-bond acceptors (Lipinski definition) is 5.